The van der Waals surface area contributed by atoms with Crippen molar-refractivity contribution >= 4 is 0 Å². The molecular weight excluding hydrogens is 304 g/mol. The number of hydrogen-bond donors (Lipinski definition) is 0. The minimum absolute atomic E-state index is 0.569. The number of imidazole rings is 1. The van der Waals surface area contributed by atoms with Crippen LogP contribution in [0.2, 0.25) is 0 Å². The van der Waals surface area contributed by atoms with E-state index >= 15 is 0 Å². The Morgan fingerprint density at radius 3 is 2.92 bits per heavy atom. The van der Waals surface area contributed by atoms with Crippen LogP contribution in [-0.2, 0) is 30.9 Å². The molecule has 4 heterocycles. The van der Waals surface area contributed by atoms with Gasteiger partial charge in [0.1, 0.15) is 12.2 Å². The number of hydrogen-bond acceptors (Lipinski definition) is 6. The maximum atomic E-state index is 5.53. The van der Waals surface area contributed by atoms with E-state index in [0.29, 0.717) is 6.04 Å². The van der Waals surface area contributed by atoms with E-state index in [-0.39, 0.29) is 0 Å². The Morgan fingerprint density at radius 2 is 2.12 bits per heavy atom. The van der Waals surface area contributed by atoms with Gasteiger partial charge >= 0.3 is 0 Å². The summed E-state index contributed by atoms with van der Waals surface area (Å²) in [6.07, 6.45) is 8.64. The van der Waals surface area contributed by atoms with Gasteiger partial charge in [0, 0.05) is 63.0 Å². The molecule has 1 saturated heterocycles. The second kappa shape index (κ2) is 6.96. The van der Waals surface area contributed by atoms with Crippen molar-refractivity contribution < 1.29 is 4.74 Å². The average Bonchev–Trinajstić information content (AvgIpc) is 3.24. The fourth-order valence-corrected chi connectivity index (χ4v) is 3.58. The van der Waals surface area contributed by atoms with E-state index in [1.54, 1.807) is 6.33 Å². The minimum atomic E-state index is 0.569. The molecule has 24 heavy (non-hydrogen) atoms. The van der Waals surface area contributed by atoms with Gasteiger partial charge in [0.25, 0.3) is 0 Å². The topological polar surface area (TPSA) is 59.3 Å². The molecule has 0 N–H and O–H groups in total. The third kappa shape index (κ3) is 3.48. The van der Waals surface area contributed by atoms with Crippen LogP contribution in [-0.4, -0.2) is 62.2 Å². The number of rotatable bonds is 5. The van der Waals surface area contributed by atoms with Crippen molar-refractivity contribution in [3.05, 3.63) is 42.0 Å². The van der Waals surface area contributed by atoms with E-state index in [1.165, 1.54) is 5.82 Å². The predicted molar refractivity (Wildman–Crippen MR) is 89.1 cm³/mol. The monoisotopic (exact) mass is 328 g/mol. The molecule has 0 amide bonds. The van der Waals surface area contributed by atoms with Crippen molar-refractivity contribution in [1.82, 2.24) is 29.3 Å². The summed E-state index contributed by atoms with van der Waals surface area (Å²) >= 11 is 0. The fraction of sp³-hybridized carbons (Fsp3) is 0.588. The van der Waals surface area contributed by atoms with Gasteiger partial charge in [-0.25, -0.2) is 15.0 Å². The van der Waals surface area contributed by atoms with Crippen LogP contribution >= 0.6 is 0 Å². The number of nitrogens with zero attached hydrogens (tertiary/aromatic N) is 6. The molecule has 0 aliphatic carbocycles. The molecule has 0 bridgehead atoms. The molecule has 0 radical (unpaired) electrons. The first-order valence-electron chi connectivity index (χ1n) is 8.57. The van der Waals surface area contributed by atoms with E-state index in [2.05, 4.69) is 37.6 Å². The molecule has 2 aromatic heterocycles. The molecule has 0 aromatic carbocycles. The van der Waals surface area contributed by atoms with Gasteiger partial charge in [-0.3, -0.25) is 9.80 Å². The lowest BCUT2D eigenvalue weighted by Crippen LogP contribution is -2.41. The van der Waals surface area contributed by atoms with Crippen molar-refractivity contribution in [1.29, 1.82) is 0 Å². The minimum Gasteiger partial charge on any atom is -0.380 e. The van der Waals surface area contributed by atoms with Crippen LogP contribution in [0.5, 0.6) is 0 Å². The Hall–Kier alpha value is -1.83. The highest BCUT2D eigenvalue weighted by Crippen LogP contribution is 2.20. The lowest BCUT2D eigenvalue weighted by Gasteiger charge is -2.31. The average molecular weight is 328 g/mol. The highest BCUT2D eigenvalue weighted by atomic mass is 16.5. The normalized spacial score (nSPS) is 21.3. The lowest BCUT2D eigenvalue weighted by molar-refractivity contribution is 0.121. The van der Waals surface area contributed by atoms with Crippen molar-refractivity contribution in [2.45, 2.75) is 38.6 Å². The zero-order valence-corrected chi connectivity index (χ0v) is 14.1. The molecule has 2 aliphatic heterocycles. The zero-order chi connectivity index (χ0) is 16.4. The molecule has 128 valence electrons. The molecule has 1 atom stereocenters. The van der Waals surface area contributed by atoms with Crippen LogP contribution in [0.3, 0.4) is 0 Å². The van der Waals surface area contributed by atoms with Crippen molar-refractivity contribution in [2.24, 2.45) is 0 Å². The van der Waals surface area contributed by atoms with Gasteiger partial charge in [0.2, 0.25) is 0 Å². The van der Waals surface area contributed by atoms with Gasteiger partial charge in [0.05, 0.1) is 18.8 Å². The standard InChI is InChI=1S/C17H24N6O/c1-21(8-14-6-18-13-19-7-14)9-15-10-23-4-3-22(11-17(23)20-15)16-2-5-24-12-16/h6-7,10,13,16H,2-5,8-9,11-12H2,1H3/t16-/m0/s1. The molecule has 7 nitrogen and oxygen atoms in total. The van der Waals surface area contributed by atoms with E-state index in [1.807, 2.05) is 12.4 Å². The maximum Gasteiger partial charge on any atom is 0.123 e. The zero-order valence-electron chi connectivity index (χ0n) is 14.1. The summed E-state index contributed by atoms with van der Waals surface area (Å²) in [5, 5.41) is 0. The Balaban J connectivity index is 1.37. The smallest absolute Gasteiger partial charge is 0.123 e. The lowest BCUT2D eigenvalue weighted by atomic mass is 10.2. The van der Waals surface area contributed by atoms with E-state index in [4.69, 9.17) is 9.72 Å². The summed E-state index contributed by atoms with van der Waals surface area (Å²) in [6.45, 7) is 6.48. The van der Waals surface area contributed by atoms with Gasteiger partial charge < -0.3 is 9.30 Å². The molecule has 2 aliphatic rings. The summed E-state index contributed by atoms with van der Waals surface area (Å²) in [5.41, 5.74) is 2.25. The van der Waals surface area contributed by atoms with Crippen molar-refractivity contribution in [3.8, 4) is 0 Å². The van der Waals surface area contributed by atoms with E-state index in [0.717, 1.165) is 63.6 Å². The summed E-state index contributed by atoms with van der Waals surface area (Å²) < 4.78 is 7.83. The third-order valence-electron chi connectivity index (χ3n) is 4.80. The van der Waals surface area contributed by atoms with Gasteiger partial charge in [-0.2, -0.15) is 0 Å². The van der Waals surface area contributed by atoms with Crippen LogP contribution in [0.15, 0.2) is 24.9 Å². The van der Waals surface area contributed by atoms with Crippen molar-refractivity contribution in [3.63, 3.8) is 0 Å². The predicted octanol–water partition coefficient (Wildman–Crippen LogP) is 0.910. The second-order valence-corrected chi connectivity index (χ2v) is 6.75. The summed E-state index contributed by atoms with van der Waals surface area (Å²) in [4.78, 5) is 17.8. The quantitative estimate of drug-likeness (QED) is 0.813. The summed E-state index contributed by atoms with van der Waals surface area (Å²) in [7, 11) is 2.10. The van der Waals surface area contributed by atoms with Crippen LogP contribution in [0, 0.1) is 0 Å². The Bertz CT molecular complexity index is 667. The number of aromatic nitrogens is 4. The Morgan fingerprint density at radius 1 is 1.25 bits per heavy atom. The highest BCUT2D eigenvalue weighted by molar-refractivity contribution is 5.08. The van der Waals surface area contributed by atoms with Crippen LogP contribution in [0.1, 0.15) is 23.5 Å². The summed E-state index contributed by atoms with van der Waals surface area (Å²) in [6, 6.07) is 0.569. The maximum absolute atomic E-state index is 5.53. The van der Waals surface area contributed by atoms with Gasteiger partial charge in [-0.15, -0.1) is 0 Å². The van der Waals surface area contributed by atoms with Gasteiger partial charge in [-0.05, 0) is 13.5 Å². The molecule has 1 fully saturated rings. The highest BCUT2D eigenvalue weighted by Gasteiger charge is 2.27. The van der Waals surface area contributed by atoms with Crippen LogP contribution in [0.25, 0.3) is 0 Å². The number of ether oxygens (including phenoxy) is 1. The van der Waals surface area contributed by atoms with Crippen LogP contribution < -0.4 is 0 Å². The van der Waals surface area contributed by atoms with Gasteiger partial charge in [-0.1, -0.05) is 0 Å². The van der Waals surface area contributed by atoms with Crippen molar-refractivity contribution in [2.75, 3.05) is 26.8 Å². The Kier molecular flexibility index (Phi) is 4.55. The fourth-order valence-electron chi connectivity index (χ4n) is 3.58. The molecule has 2 aromatic rings. The number of fused-ring (bicyclic) bond motifs is 1. The molecular formula is C17H24N6O. The van der Waals surface area contributed by atoms with E-state index in [9.17, 15) is 0 Å². The first kappa shape index (κ1) is 15.7. The third-order valence-corrected chi connectivity index (χ3v) is 4.80. The van der Waals surface area contributed by atoms with Crippen LogP contribution in [0.4, 0.5) is 0 Å². The molecule has 4 rings (SSSR count). The van der Waals surface area contributed by atoms with E-state index < -0.39 is 0 Å². The molecule has 0 spiro atoms. The second-order valence-electron chi connectivity index (χ2n) is 6.75. The molecule has 7 heteroatoms. The summed E-state index contributed by atoms with van der Waals surface area (Å²) in [5.74, 6) is 1.18. The molecule has 0 unspecified atom stereocenters. The largest absolute Gasteiger partial charge is 0.380 e. The van der Waals surface area contributed by atoms with Gasteiger partial charge in [0.15, 0.2) is 0 Å². The Labute approximate surface area is 142 Å². The first-order valence-corrected chi connectivity index (χ1v) is 8.57. The SMILES string of the molecule is CN(Cc1cncnc1)Cc1cn2c(n1)CN([C@H]1CCOC1)CC2. The first-order chi connectivity index (χ1) is 11.8. The molecule has 0 saturated carbocycles.